The van der Waals surface area contributed by atoms with Crippen LogP contribution >= 0.6 is 0 Å². The molecular weight excluding hydrogens is 887 g/mol. The van der Waals surface area contributed by atoms with Gasteiger partial charge in [0.05, 0.1) is 35.6 Å². The van der Waals surface area contributed by atoms with Crippen LogP contribution in [0.4, 0.5) is 37.8 Å². The second kappa shape index (κ2) is 19.1. The number of hydrogen-bond donors (Lipinski definition) is 0. The second-order valence-corrected chi connectivity index (χ2v) is 19.2. The lowest BCUT2D eigenvalue weighted by atomic mass is 10.1. The lowest BCUT2D eigenvalue weighted by Crippen LogP contribution is -2.45. The molecule has 20 heteroatoms. The summed E-state index contributed by atoms with van der Waals surface area (Å²) in [6.07, 6.45) is -5.02. The van der Waals surface area contributed by atoms with Crippen LogP contribution in [-0.2, 0) is 30.2 Å². The first-order valence-corrected chi connectivity index (χ1v) is 20.8. The number of anilines is 1. The fourth-order valence-electron chi connectivity index (χ4n) is 6.29. The number of carbonyl (C=O) groups is 5. The Bertz CT molecular complexity index is 2670. The number of esters is 1. The van der Waals surface area contributed by atoms with Crippen molar-refractivity contribution in [3.63, 3.8) is 0 Å². The van der Waals surface area contributed by atoms with Gasteiger partial charge in [-0.15, -0.1) is 0 Å². The van der Waals surface area contributed by atoms with Gasteiger partial charge in [-0.2, -0.15) is 10.00 Å². The van der Waals surface area contributed by atoms with E-state index in [1.165, 1.54) is 72.7 Å². The summed E-state index contributed by atoms with van der Waals surface area (Å²) in [5.41, 5.74) is -5.25. The Balaban J connectivity index is 1.81. The smallest absolute Gasteiger partial charge is 0.425 e. The van der Waals surface area contributed by atoms with E-state index in [2.05, 4.69) is 10.1 Å². The number of amides is 2. The summed E-state index contributed by atoms with van der Waals surface area (Å²) in [4.78, 5) is 75.8. The van der Waals surface area contributed by atoms with E-state index in [1.807, 2.05) is 0 Å². The predicted octanol–water partition coefficient (Wildman–Crippen LogP) is 10.8. The minimum atomic E-state index is -2.92. The SMILES string of the molecule is Cc1cc(Oc2c(F)cccc2F)ncc1-n1ncc(C(=O)c2cc3cc(OCC(F)F)c(CC(=O)OC(C)(C)C)cc3n2C(=O)OC(C)(C)C)c1N(C(=O)OC(C)(C)C)C(=O)OC(C)(C)C. The lowest BCUT2D eigenvalue weighted by Gasteiger charge is -2.29. The zero-order valence-corrected chi connectivity index (χ0v) is 39.4. The molecule has 16 nitrogen and oxygen atoms in total. The van der Waals surface area contributed by atoms with Crippen molar-refractivity contribution in [3.8, 4) is 23.1 Å². The molecule has 360 valence electrons. The number of aryl methyl sites for hydroxylation is 1. The Morgan fingerprint density at radius 1 is 0.746 bits per heavy atom. The molecule has 5 rings (SSSR count). The molecule has 0 radical (unpaired) electrons. The summed E-state index contributed by atoms with van der Waals surface area (Å²) in [5.74, 6) is -5.58. The summed E-state index contributed by atoms with van der Waals surface area (Å²) in [6.45, 7) is 19.2. The van der Waals surface area contributed by atoms with Gasteiger partial charge in [0.25, 0.3) is 6.43 Å². The van der Waals surface area contributed by atoms with Crippen molar-refractivity contribution in [3.05, 3.63) is 88.9 Å². The van der Waals surface area contributed by atoms with Crippen molar-refractivity contribution in [2.45, 2.75) is 125 Å². The molecule has 0 unspecified atom stereocenters. The van der Waals surface area contributed by atoms with Crippen molar-refractivity contribution < 1.29 is 70.0 Å². The number of imide groups is 1. The van der Waals surface area contributed by atoms with E-state index in [-0.39, 0.29) is 39.3 Å². The highest BCUT2D eigenvalue weighted by atomic mass is 19.3. The number of rotatable bonds is 11. The van der Waals surface area contributed by atoms with Crippen LogP contribution in [-0.4, -0.2) is 84.8 Å². The van der Waals surface area contributed by atoms with Crippen LogP contribution in [0, 0.1) is 18.6 Å². The van der Waals surface area contributed by atoms with E-state index < -0.39 is 106 Å². The Labute approximate surface area is 384 Å². The zero-order valence-electron chi connectivity index (χ0n) is 39.4. The quantitative estimate of drug-likeness (QED) is 0.0529. The number of carbonyl (C=O) groups excluding carboxylic acids is 5. The molecule has 0 spiro atoms. The molecule has 0 saturated heterocycles. The van der Waals surface area contributed by atoms with Crippen LogP contribution in [0.15, 0.2) is 54.9 Å². The van der Waals surface area contributed by atoms with Gasteiger partial charge in [0.1, 0.15) is 40.5 Å². The molecule has 5 aromatic rings. The molecule has 0 fully saturated rings. The minimum Gasteiger partial charge on any atom is -0.487 e. The van der Waals surface area contributed by atoms with Crippen LogP contribution in [0.2, 0.25) is 0 Å². The molecule has 0 aliphatic heterocycles. The molecule has 0 atom stereocenters. The summed E-state index contributed by atoms with van der Waals surface area (Å²) >= 11 is 0. The van der Waals surface area contributed by atoms with Gasteiger partial charge in [0, 0.05) is 17.0 Å². The normalized spacial score (nSPS) is 12.2. The third-order valence-corrected chi connectivity index (χ3v) is 8.68. The van der Waals surface area contributed by atoms with Gasteiger partial charge >= 0.3 is 24.2 Å². The monoisotopic (exact) mass is 939 g/mol. The van der Waals surface area contributed by atoms with Gasteiger partial charge in [-0.3, -0.25) is 9.59 Å². The topological polar surface area (TPSA) is 180 Å². The molecule has 3 aromatic heterocycles. The zero-order chi connectivity index (χ0) is 50.1. The number of fused-ring (bicyclic) bond motifs is 1. The highest BCUT2D eigenvalue weighted by Gasteiger charge is 2.40. The van der Waals surface area contributed by atoms with Gasteiger partial charge in [-0.05, 0) is 126 Å². The van der Waals surface area contributed by atoms with Crippen molar-refractivity contribution in [2.75, 3.05) is 11.5 Å². The molecule has 2 amide bonds. The standard InChI is InChI=1S/C47H53F4N5O11/c1-25-17-36(63-39-29(48)15-14-16-30(39)49)52-23-33(25)56-40(55(42(60)66-46(8,9)10)43(61)67-47(11,12)13)28(22-53-56)38(58)32-18-26-20-34(62-24-35(50)51)27(21-37(57)64-44(2,3)4)19-31(26)54(32)41(59)65-45(5,6)7/h14-20,22-23,35H,21,24H2,1-13H3. The van der Waals surface area contributed by atoms with Crippen LogP contribution in [0.1, 0.15) is 110 Å². The highest BCUT2D eigenvalue weighted by molar-refractivity contribution is 6.19. The lowest BCUT2D eigenvalue weighted by molar-refractivity contribution is -0.153. The largest absolute Gasteiger partial charge is 0.487 e. The van der Waals surface area contributed by atoms with E-state index in [0.29, 0.717) is 4.90 Å². The minimum absolute atomic E-state index is 0.00724. The van der Waals surface area contributed by atoms with E-state index in [1.54, 1.807) is 41.5 Å². The van der Waals surface area contributed by atoms with Gasteiger partial charge < -0.3 is 28.4 Å². The third-order valence-electron chi connectivity index (χ3n) is 8.68. The summed E-state index contributed by atoms with van der Waals surface area (Å²) in [7, 11) is 0. The molecule has 0 saturated carbocycles. The maximum atomic E-state index is 15.3. The van der Waals surface area contributed by atoms with E-state index >= 15 is 4.79 Å². The van der Waals surface area contributed by atoms with Crippen molar-refractivity contribution in [2.24, 2.45) is 0 Å². The Kier molecular flexibility index (Phi) is 14.5. The Hall–Kier alpha value is -6.99. The van der Waals surface area contributed by atoms with Crippen molar-refractivity contribution in [1.82, 2.24) is 19.3 Å². The first-order valence-electron chi connectivity index (χ1n) is 20.8. The van der Waals surface area contributed by atoms with Crippen molar-refractivity contribution in [1.29, 1.82) is 0 Å². The van der Waals surface area contributed by atoms with Crippen molar-refractivity contribution >= 4 is 46.8 Å². The predicted molar refractivity (Wildman–Crippen MR) is 236 cm³/mol. The number of ketones is 1. The first-order chi connectivity index (χ1) is 30.8. The third kappa shape index (κ3) is 12.9. The fourth-order valence-corrected chi connectivity index (χ4v) is 6.29. The van der Waals surface area contributed by atoms with Gasteiger partial charge in [-0.1, -0.05) is 6.07 Å². The molecule has 0 aliphatic carbocycles. The number of pyridine rings is 1. The molecule has 2 aromatic carbocycles. The average molecular weight is 940 g/mol. The van der Waals surface area contributed by atoms with E-state index in [0.717, 1.165) is 39.8 Å². The summed E-state index contributed by atoms with van der Waals surface area (Å²) in [6, 6.07) is 8.19. The number of halogens is 4. The molecule has 67 heavy (non-hydrogen) atoms. The second-order valence-electron chi connectivity index (χ2n) is 19.2. The Morgan fingerprint density at radius 3 is 1.84 bits per heavy atom. The van der Waals surface area contributed by atoms with Gasteiger partial charge in [-0.25, -0.2) is 46.2 Å². The number of hydrogen-bond acceptors (Lipinski definition) is 13. The first kappa shape index (κ1) is 51.0. The molecule has 0 N–H and O–H groups in total. The van der Waals surface area contributed by atoms with Gasteiger partial charge in [0.2, 0.25) is 17.4 Å². The number of ether oxygens (including phenoxy) is 6. The van der Waals surface area contributed by atoms with E-state index in [4.69, 9.17) is 28.4 Å². The maximum Gasteiger partial charge on any atom is 0.425 e. The number of alkyl halides is 2. The van der Waals surface area contributed by atoms with Gasteiger partial charge in [0.15, 0.2) is 17.5 Å². The van der Waals surface area contributed by atoms with Crippen LogP contribution in [0.3, 0.4) is 0 Å². The van der Waals surface area contributed by atoms with E-state index in [9.17, 15) is 36.7 Å². The molecule has 0 aliphatic rings. The molecular formula is C47H53F4N5O11. The summed E-state index contributed by atoms with van der Waals surface area (Å²) < 4.78 is 91.4. The van der Waals surface area contributed by atoms with Crippen LogP contribution < -0.4 is 14.4 Å². The number of benzene rings is 2. The number of nitrogens with zero attached hydrogens (tertiary/aromatic N) is 5. The number of para-hydroxylation sites is 1. The summed E-state index contributed by atoms with van der Waals surface area (Å²) in [5, 5.41) is 4.48. The van der Waals surface area contributed by atoms with Crippen LogP contribution in [0.25, 0.3) is 16.6 Å². The number of aromatic nitrogens is 4. The average Bonchev–Trinajstić information content (AvgIpc) is 3.74. The van der Waals surface area contributed by atoms with Crippen LogP contribution in [0.5, 0.6) is 17.4 Å². The fraction of sp³-hybridized carbons (Fsp3) is 0.426. The molecule has 3 heterocycles. The maximum absolute atomic E-state index is 15.3. The molecule has 0 bridgehead atoms. The Morgan fingerprint density at radius 2 is 1.31 bits per heavy atom. The highest BCUT2D eigenvalue weighted by Crippen LogP contribution is 2.36.